The summed E-state index contributed by atoms with van der Waals surface area (Å²) < 4.78 is 4.15. The highest BCUT2D eigenvalue weighted by Crippen LogP contribution is 2.27. The van der Waals surface area contributed by atoms with Crippen molar-refractivity contribution in [3.05, 3.63) is 64.0 Å². The number of aryl methyl sites for hydroxylation is 2. The number of aromatic nitrogens is 4. The number of imidazole rings is 1. The van der Waals surface area contributed by atoms with Gasteiger partial charge in [0, 0.05) is 35.4 Å². The standard InChI is InChI=1S/C23H26ClN5O/c24-16-9-11-18(12-10-16)29-20-7-3-1-2-6-19(20)22(27-29)23(30)25-14-17-15-28-13-5-4-8-21(28)26-17/h9-12,15H,1-8,13-14H2,(H,25,30). The minimum absolute atomic E-state index is 0.119. The van der Waals surface area contributed by atoms with Gasteiger partial charge >= 0.3 is 0 Å². The largest absolute Gasteiger partial charge is 0.345 e. The number of rotatable bonds is 4. The van der Waals surface area contributed by atoms with Crippen molar-refractivity contribution in [1.29, 1.82) is 0 Å². The van der Waals surface area contributed by atoms with Gasteiger partial charge in [-0.1, -0.05) is 18.0 Å². The summed E-state index contributed by atoms with van der Waals surface area (Å²) in [7, 11) is 0. The number of benzene rings is 1. The molecule has 2 aromatic heterocycles. The molecule has 0 unspecified atom stereocenters. The van der Waals surface area contributed by atoms with E-state index in [-0.39, 0.29) is 5.91 Å². The highest BCUT2D eigenvalue weighted by Gasteiger charge is 2.25. The average Bonchev–Trinajstić information content (AvgIpc) is 3.25. The van der Waals surface area contributed by atoms with Gasteiger partial charge in [0.05, 0.1) is 17.9 Å². The van der Waals surface area contributed by atoms with E-state index in [1.54, 1.807) is 0 Å². The SMILES string of the molecule is O=C(NCc1cn2c(n1)CCCC2)c1nn(-c2ccc(Cl)cc2)c2c1CCCCC2. The van der Waals surface area contributed by atoms with Gasteiger partial charge in [0.2, 0.25) is 0 Å². The zero-order valence-corrected chi connectivity index (χ0v) is 17.8. The van der Waals surface area contributed by atoms with Gasteiger partial charge in [0.15, 0.2) is 5.69 Å². The lowest BCUT2D eigenvalue weighted by molar-refractivity contribution is 0.0944. The number of nitrogens with one attached hydrogen (secondary N) is 1. The molecule has 1 aliphatic carbocycles. The second-order valence-corrected chi connectivity index (χ2v) is 8.64. The van der Waals surface area contributed by atoms with Gasteiger partial charge in [-0.3, -0.25) is 4.79 Å². The smallest absolute Gasteiger partial charge is 0.272 e. The number of carbonyl (C=O) groups is 1. The van der Waals surface area contributed by atoms with Gasteiger partial charge in [-0.05, 0) is 62.8 Å². The summed E-state index contributed by atoms with van der Waals surface area (Å²) >= 11 is 6.06. The van der Waals surface area contributed by atoms with Crippen LogP contribution in [0.4, 0.5) is 0 Å². The van der Waals surface area contributed by atoms with Crippen LogP contribution in [0.1, 0.15) is 65.4 Å². The zero-order chi connectivity index (χ0) is 20.5. The fourth-order valence-electron chi connectivity index (χ4n) is 4.57. The second-order valence-electron chi connectivity index (χ2n) is 8.20. The molecule has 0 atom stereocenters. The summed E-state index contributed by atoms with van der Waals surface area (Å²) in [6, 6.07) is 7.64. The number of fused-ring (bicyclic) bond motifs is 2. The van der Waals surface area contributed by atoms with Crippen molar-refractivity contribution in [3.63, 3.8) is 0 Å². The lowest BCUT2D eigenvalue weighted by Crippen LogP contribution is -2.24. The van der Waals surface area contributed by atoms with Gasteiger partial charge in [-0.2, -0.15) is 5.10 Å². The van der Waals surface area contributed by atoms with Gasteiger partial charge in [0.1, 0.15) is 5.82 Å². The molecule has 2 aliphatic rings. The quantitative estimate of drug-likeness (QED) is 0.638. The minimum atomic E-state index is -0.119. The first-order valence-electron chi connectivity index (χ1n) is 10.9. The molecule has 0 saturated carbocycles. The summed E-state index contributed by atoms with van der Waals surface area (Å²) in [5, 5.41) is 8.50. The molecule has 6 nitrogen and oxygen atoms in total. The Kier molecular flexibility index (Phi) is 5.34. The fraction of sp³-hybridized carbons (Fsp3) is 0.435. The molecule has 5 rings (SSSR count). The molecular formula is C23H26ClN5O. The highest BCUT2D eigenvalue weighted by molar-refractivity contribution is 6.30. The molecule has 1 aliphatic heterocycles. The molecule has 0 radical (unpaired) electrons. The van der Waals surface area contributed by atoms with Crippen molar-refractivity contribution >= 4 is 17.5 Å². The molecule has 156 valence electrons. The number of amides is 1. The van der Waals surface area contributed by atoms with E-state index < -0.39 is 0 Å². The average molecular weight is 424 g/mol. The number of carbonyl (C=O) groups excluding carboxylic acids is 1. The molecule has 3 aromatic rings. The number of hydrogen-bond donors (Lipinski definition) is 1. The van der Waals surface area contributed by atoms with E-state index in [2.05, 4.69) is 16.1 Å². The van der Waals surface area contributed by atoms with Crippen molar-refractivity contribution in [1.82, 2.24) is 24.6 Å². The molecule has 1 aromatic carbocycles. The molecule has 30 heavy (non-hydrogen) atoms. The van der Waals surface area contributed by atoms with E-state index in [4.69, 9.17) is 21.7 Å². The van der Waals surface area contributed by atoms with Crippen molar-refractivity contribution in [2.75, 3.05) is 0 Å². The molecule has 0 fully saturated rings. The summed E-state index contributed by atoms with van der Waals surface area (Å²) in [5.74, 6) is 1.01. The number of nitrogens with zero attached hydrogens (tertiary/aromatic N) is 4. The van der Waals surface area contributed by atoms with Crippen LogP contribution in [-0.4, -0.2) is 25.2 Å². The van der Waals surface area contributed by atoms with Gasteiger partial charge in [-0.15, -0.1) is 0 Å². The van der Waals surface area contributed by atoms with Crippen molar-refractivity contribution in [2.45, 2.75) is 64.5 Å². The van der Waals surface area contributed by atoms with Crippen LogP contribution < -0.4 is 5.32 Å². The van der Waals surface area contributed by atoms with Crippen molar-refractivity contribution < 1.29 is 4.79 Å². The first kappa shape index (κ1) is 19.4. The van der Waals surface area contributed by atoms with E-state index in [1.165, 1.54) is 19.3 Å². The van der Waals surface area contributed by atoms with Gasteiger partial charge in [-0.25, -0.2) is 9.67 Å². The molecule has 3 heterocycles. The summed E-state index contributed by atoms with van der Waals surface area (Å²) in [6.07, 6.45) is 10.7. The Morgan fingerprint density at radius 3 is 2.67 bits per heavy atom. The number of hydrogen-bond acceptors (Lipinski definition) is 3. The molecule has 1 amide bonds. The van der Waals surface area contributed by atoms with Crippen molar-refractivity contribution in [2.24, 2.45) is 0 Å². The van der Waals surface area contributed by atoms with Crippen LogP contribution in [-0.2, 0) is 32.4 Å². The van der Waals surface area contributed by atoms with E-state index in [9.17, 15) is 4.79 Å². The third-order valence-electron chi connectivity index (χ3n) is 6.11. The van der Waals surface area contributed by atoms with E-state index in [0.29, 0.717) is 17.3 Å². The van der Waals surface area contributed by atoms with Crippen LogP contribution in [0, 0.1) is 0 Å². The Balaban J connectivity index is 1.40. The third kappa shape index (κ3) is 3.76. The Morgan fingerprint density at radius 1 is 1.03 bits per heavy atom. The monoisotopic (exact) mass is 423 g/mol. The topological polar surface area (TPSA) is 64.7 Å². The Morgan fingerprint density at radius 2 is 1.83 bits per heavy atom. The fourth-order valence-corrected chi connectivity index (χ4v) is 4.69. The predicted octanol–water partition coefficient (Wildman–Crippen LogP) is 4.26. The van der Waals surface area contributed by atoms with E-state index >= 15 is 0 Å². The molecule has 0 spiro atoms. The maximum Gasteiger partial charge on any atom is 0.272 e. The molecular weight excluding hydrogens is 398 g/mol. The predicted molar refractivity (Wildman–Crippen MR) is 116 cm³/mol. The van der Waals surface area contributed by atoms with Gasteiger partial charge in [0.25, 0.3) is 5.91 Å². The zero-order valence-electron chi connectivity index (χ0n) is 17.0. The first-order chi connectivity index (χ1) is 14.7. The Bertz CT molecular complexity index is 1040. The van der Waals surface area contributed by atoms with Crippen LogP contribution in [0.25, 0.3) is 5.69 Å². The van der Waals surface area contributed by atoms with E-state index in [0.717, 1.165) is 67.1 Å². The minimum Gasteiger partial charge on any atom is -0.345 e. The second kappa shape index (κ2) is 8.26. The Hall–Kier alpha value is -2.60. The van der Waals surface area contributed by atoms with Crippen LogP contribution in [0.2, 0.25) is 5.02 Å². The molecule has 1 N–H and O–H groups in total. The van der Waals surface area contributed by atoms with E-state index in [1.807, 2.05) is 28.9 Å². The lowest BCUT2D eigenvalue weighted by atomic mass is 10.1. The maximum absolute atomic E-state index is 13.1. The van der Waals surface area contributed by atoms with Crippen LogP contribution in [0.3, 0.4) is 0 Å². The number of halogens is 1. The molecule has 7 heteroatoms. The lowest BCUT2D eigenvalue weighted by Gasteiger charge is -2.11. The van der Waals surface area contributed by atoms with Crippen LogP contribution in [0.5, 0.6) is 0 Å². The van der Waals surface area contributed by atoms with Crippen molar-refractivity contribution in [3.8, 4) is 5.69 Å². The third-order valence-corrected chi connectivity index (χ3v) is 6.36. The first-order valence-corrected chi connectivity index (χ1v) is 11.3. The van der Waals surface area contributed by atoms with Gasteiger partial charge < -0.3 is 9.88 Å². The van der Waals surface area contributed by atoms with Crippen LogP contribution in [0.15, 0.2) is 30.5 Å². The molecule has 0 saturated heterocycles. The maximum atomic E-state index is 13.1. The highest BCUT2D eigenvalue weighted by atomic mass is 35.5. The summed E-state index contributed by atoms with van der Waals surface area (Å²) in [4.78, 5) is 17.8. The Labute approximate surface area is 181 Å². The normalized spacial score (nSPS) is 15.9. The summed E-state index contributed by atoms with van der Waals surface area (Å²) in [5.41, 5.74) is 4.65. The summed E-state index contributed by atoms with van der Waals surface area (Å²) in [6.45, 7) is 1.46. The molecule has 0 bridgehead atoms. The van der Waals surface area contributed by atoms with Crippen LogP contribution >= 0.6 is 11.6 Å².